The van der Waals surface area contributed by atoms with Gasteiger partial charge in [-0.1, -0.05) is 51.8 Å². The van der Waals surface area contributed by atoms with E-state index >= 15 is 0 Å². The van der Waals surface area contributed by atoms with Gasteiger partial charge in [0.05, 0.1) is 0 Å². The molecule has 116 valence electrons. The van der Waals surface area contributed by atoms with Gasteiger partial charge >= 0.3 is 0 Å². The van der Waals surface area contributed by atoms with Gasteiger partial charge in [-0.3, -0.25) is 4.79 Å². The van der Waals surface area contributed by atoms with E-state index in [2.05, 4.69) is 26.2 Å². The van der Waals surface area contributed by atoms with E-state index in [1.54, 1.807) is 6.08 Å². The van der Waals surface area contributed by atoms with Gasteiger partial charge in [0.1, 0.15) is 11.5 Å². The molecule has 0 saturated carbocycles. The molecule has 1 aliphatic rings. The standard InChI is InChI=1S/C18H14BrClN2O/c19-14-3-1-2-13(10-14)11-16-18(23)22-17(21-16)9-6-12-4-7-15(20)8-5-12/h1-5,7-8,10-11H,6,9H2,(H,21,22,23)/b16-11+. The van der Waals surface area contributed by atoms with E-state index in [0.717, 1.165) is 27.0 Å². The summed E-state index contributed by atoms with van der Waals surface area (Å²) in [6.07, 6.45) is 3.28. The fourth-order valence-corrected chi connectivity index (χ4v) is 2.85. The van der Waals surface area contributed by atoms with Crippen LogP contribution < -0.4 is 5.32 Å². The molecule has 0 saturated heterocycles. The largest absolute Gasteiger partial charge is 0.309 e. The molecule has 3 nitrogen and oxygen atoms in total. The van der Waals surface area contributed by atoms with Crippen molar-refractivity contribution in [1.29, 1.82) is 0 Å². The maximum Gasteiger partial charge on any atom is 0.275 e. The molecule has 0 aromatic heterocycles. The molecule has 23 heavy (non-hydrogen) atoms. The summed E-state index contributed by atoms with van der Waals surface area (Å²) in [5.41, 5.74) is 2.54. The monoisotopic (exact) mass is 388 g/mol. The number of carbonyl (C=O) groups excluding carboxylic acids is 1. The summed E-state index contributed by atoms with van der Waals surface area (Å²) in [6, 6.07) is 15.4. The Morgan fingerprint density at radius 3 is 2.65 bits per heavy atom. The molecule has 0 fully saturated rings. The van der Waals surface area contributed by atoms with E-state index in [4.69, 9.17) is 11.6 Å². The van der Waals surface area contributed by atoms with E-state index in [0.29, 0.717) is 18.0 Å². The topological polar surface area (TPSA) is 41.5 Å². The summed E-state index contributed by atoms with van der Waals surface area (Å²) in [7, 11) is 0. The molecule has 1 aliphatic heterocycles. The lowest BCUT2D eigenvalue weighted by molar-refractivity contribution is -0.115. The van der Waals surface area contributed by atoms with Crippen molar-refractivity contribution < 1.29 is 4.79 Å². The van der Waals surface area contributed by atoms with Crippen LogP contribution in [0.1, 0.15) is 17.5 Å². The van der Waals surface area contributed by atoms with Crippen molar-refractivity contribution in [3.05, 3.63) is 74.9 Å². The van der Waals surface area contributed by atoms with E-state index < -0.39 is 0 Å². The van der Waals surface area contributed by atoms with Crippen LogP contribution in [-0.4, -0.2) is 11.7 Å². The summed E-state index contributed by atoms with van der Waals surface area (Å²) < 4.78 is 0.970. The van der Waals surface area contributed by atoms with E-state index in [1.807, 2.05) is 48.5 Å². The van der Waals surface area contributed by atoms with Crippen LogP contribution in [0.25, 0.3) is 6.08 Å². The van der Waals surface area contributed by atoms with E-state index in [1.165, 1.54) is 0 Å². The summed E-state index contributed by atoms with van der Waals surface area (Å²) >= 11 is 9.29. The molecule has 0 atom stereocenters. The molecule has 2 aromatic carbocycles. The normalized spacial score (nSPS) is 15.7. The van der Waals surface area contributed by atoms with Gasteiger partial charge in [-0.15, -0.1) is 0 Å². The second-order valence-electron chi connectivity index (χ2n) is 5.22. The fraction of sp³-hybridized carbons (Fsp3) is 0.111. The number of amides is 1. The highest BCUT2D eigenvalue weighted by atomic mass is 79.9. The molecular weight excluding hydrogens is 376 g/mol. The van der Waals surface area contributed by atoms with Gasteiger partial charge in [0.25, 0.3) is 5.91 Å². The van der Waals surface area contributed by atoms with E-state index in [-0.39, 0.29) is 5.91 Å². The van der Waals surface area contributed by atoms with Crippen molar-refractivity contribution in [3.8, 4) is 0 Å². The molecule has 0 spiro atoms. The van der Waals surface area contributed by atoms with Gasteiger partial charge in [-0.25, -0.2) is 4.99 Å². The average Bonchev–Trinajstić information content (AvgIpc) is 2.87. The van der Waals surface area contributed by atoms with Gasteiger partial charge in [0, 0.05) is 15.9 Å². The summed E-state index contributed by atoms with van der Waals surface area (Å²) in [5.74, 6) is 0.544. The van der Waals surface area contributed by atoms with Crippen LogP contribution in [0.4, 0.5) is 0 Å². The molecule has 0 bridgehead atoms. The van der Waals surface area contributed by atoms with Crippen LogP contribution in [0.15, 0.2) is 63.7 Å². The number of hydrogen-bond donors (Lipinski definition) is 1. The van der Waals surface area contributed by atoms with Crippen LogP contribution in [0.5, 0.6) is 0 Å². The second-order valence-corrected chi connectivity index (χ2v) is 6.58. The summed E-state index contributed by atoms with van der Waals surface area (Å²) in [5, 5.41) is 3.55. The molecule has 1 heterocycles. The zero-order chi connectivity index (χ0) is 16.2. The zero-order valence-electron chi connectivity index (χ0n) is 12.2. The van der Waals surface area contributed by atoms with Gasteiger partial charge < -0.3 is 5.32 Å². The van der Waals surface area contributed by atoms with Gasteiger partial charge in [0.15, 0.2) is 0 Å². The lowest BCUT2D eigenvalue weighted by Crippen LogP contribution is -2.24. The fourth-order valence-electron chi connectivity index (χ4n) is 2.30. The zero-order valence-corrected chi connectivity index (χ0v) is 14.6. The maximum absolute atomic E-state index is 12.0. The number of halogens is 2. The Morgan fingerprint density at radius 2 is 1.91 bits per heavy atom. The predicted octanol–water partition coefficient (Wildman–Crippen LogP) is 4.60. The molecule has 0 unspecified atom stereocenters. The Balaban J connectivity index is 1.70. The quantitative estimate of drug-likeness (QED) is 0.763. The van der Waals surface area contributed by atoms with Crippen molar-refractivity contribution in [2.45, 2.75) is 12.8 Å². The molecule has 1 N–H and O–H groups in total. The Bertz CT molecular complexity index is 797. The van der Waals surface area contributed by atoms with Crippen LogP contribution in [0.3, 0.4) is 0 Å². The number of hydrogen-bond acceptors (Lipinski definition) is 2. The first-order valence-corrected chi connectivity index (χ1v) is 8.38. The summed E-state index contributed by atoms with van der Waals surface area (Å²) in [4.78, 5) is 16.4. The first-order chi connectivity index (χ1) is 11.1. The van der Waals surface area contributed by atoms with Crippen molar-refractivity contribution in [1.82, 2.24) is 5.32 Å². The molecule has 3 rings (SSSR count). The van der Waals surface area contributed by atoms with E-state index in [9.17, 15) is 4.79 Å². The number of aliphatic imine (C=N–C) groups is 1. The Kier molecular flexibility index (Phi) is 4.94. The lowest BCUT2D eigenvalue weighted by Gasteiger charge is -2.01. The smallest absolute Gasteiger partial charge is 0.275 e. The Labute approximate surface area is 148 Å². The van der Waals surface area contributed by atoms with Crippen LogP contribution in [0, 0.1) is 0 Å². The number of carbonyl (C=O) groups is 1. The third-order valence-corrected chi connectivity index (χ3v) is 4.21. The number of aryl methyl sites for hydroxylation is 1. The minimum Gasteiger partial charge on any atom is -0.309 e. The minimum absolute atomic E-state index is 0.156. The van der Waals surface area contributed by atoms with Crippen molar-refractivity contribution in [3.63, 3.8) is 0 Å². The average molecular weight is 390 g/mol. The molecular formula is C18H14BrClN2O. The number of rotatable bonds is 4. The predicted molar refractivity (Wildman–Crippen MR) is 97.5 cm³/mol. The maximum atomic E-state index is 12.0. The van der Waals surface area contributed by atoms with Crippen molar-refractivity contribution >= 4 is 45.3 Å². The third-order valence-electron chi connectivity index (χ3n) is 3.46. The molecule has 0 radical (unpaired) electrons. The van der Waals surface area contributed by atoms with Crippen LogP contribution in [0.2, 0.25) is 5.02 Å². The lowest BCUT2D eigenvalue weighted by atomic mass is 10.1. The highest BCUT2D eigenvalue weighted by Gasteiger charge is 2.19. The Morgan fingerprint density at radius 1 is 1.13 bits per heavy atom. The minimum atomic E-state index is -0.156. The molecule has 5 heteroatoms. The molecule has 2 aromatic rings. The van der Waals surface area contributed by atoms with Gasteiger partial charge in [-0.2, -0.15) is 0 Å². The summed E-state index contributed by atoms with van der Waals surface area (Å²) in [6.45, 7) is 0. The van der Waals surface area contributed by atoms with Gasteiger partial charge in [-0.05, 0) is 47.9 Å². The molecule has 0 aliphatic carbocycles. The number of nitrogens with zero attached hydrogens (tertiary/aromatic N) is 1. The number of benzene rings is 2. The van der Waals surface area contributed by atoms with Crippen LogP contribution >= 0.6 is 27.5 Å². The highest BCUT2D eigenvalue weighted by molar-refractivity contribution is 9.10. The van der Waals surface area contributed by atoms with Crippen LogP contribution in [-0.2, 0) is 11.2 Å². The number of amidine groups is 1. The SMILES string of the molecule is O=C1NC(CCc2ccc(Cl)cc2)=N/C1=C/c1cccc(Br)c1. The number of nitrogens with one attached hydrogen (secondary N) is 1. The first kappa shape index (κ1) is 16.0. The molecule has 1 amide bonds. The third kappa shape index (κ3) is 4.30. The highest BCUT2D eigenvalue weighted by Crippen LogP contribution is 2.18. The van der Waals surface area contributed by atoms with Gasteiger partial charge in [0.2, 0.25) is 0 Å². The second kappa shape index (κ2) is 7.11. The first-order valence-electron chi connectivity index (χ1n) is 7.21. The Hall–Kier alpha value is -1.91. The van der Waals surface area contributed by atoms with Crippen molar-refractivity contribution in [2.24, 2.45) is 4.99 Å². The van der Waals surface area contributed by atoms with Crippen molar-refractivity contribution in [2.75, 3.05) is 0 Å².